The van der Waals surface area contributed by atoms with Crippen LogP contribution < -0.4 is 5.32 Å². The van der Waals surface area contributed by atoms with Crippen molar-refractivity contribution in [3.63, 3.8) is 0 Å². The van der Waals surface area contributed by atoms with E-state index in [4.69, 9.17) is 21.8 Å². The van der Waals surface area contributed by atoms with Crippen molar-refractivity contribution in [3.05, 3.63) is 34.9 Å². The Bertz CT molecular complexity index is 488. The number of carbonyl (C=O) groups is 3. The zero-order valence-electron chi connectivity index (χ0n) is 9.09. The van der Waals surface area contributed by atoms with Gasteiger partial charge in [-0.05, 0) is 12.1 Å². The molecule has 0 saturated carbocycles. The molecule has 0 radical (unpaired) electrons. The van der Waals surface area contributed by atoms with E-state index in [1.165, 1.54) is 12.1 Å². The molecule has 0 aliphatic carbocycles. The molecule has 1 aromatic carbocycles. The van der Waals surface area contributed by atoms with Gasteiger partial charge in [0.1, 0.15) is 6.04 Å². The summed E-state index contributed by atoms with van der Waals surface area (Å²) in [5.41, 5.74) is 0.0933. The standard InChI is InChI=1S/C11H10ClNO5/c12-7-4-2-1-3-6(7)10(16)13-8(11(17)18)5-9(14)15/h1-4,8H,5H2,(H,13,16)(H,14,15)(H,17,18). The monoisotopic (exact) mass is 271 g/mol. The minimum atomic E-state index is -1.49. The fourth-order valence-electron chi connectivity index (χ4n) is 1.26. The molecule has 1 unspecified atom stereocenters. The van der Waals surface area contributed by atoms with Crippen LogP contribution in [-0.4, -0.2) is 34.1 Å². The number of aliphatic carboxylic acids is 2. The number of carboxylic acids is 2. The first-order valence-electron chi connectivity index (χ1n) is 4.92. The maximum Gasteiger partial charge on any atom is 0.326 e. The van der Waals surface area contributed by atoms with Crippen LogP contribution >= 0.6 is 11.6 Å². The predicted octanol–water partition coefficient (Wildman–Crippen LogP) is 0.998. The maximum absolute atomic E-state index is 11.7. The van der Waals surface area contributed by atoms with Crippen LogP contribution in [0, 0.1) is 0 Å². The normalized spacial score (nSPS) is 11.6. The Balaban J connectivity index is 2.82. The lowest BCUT2D eigenvalue weighted by Crippen LogP contribution is -2.42. The number of carbonyl (C=O) groups excluding carboxylic acids is 1. The molecule has 0 aromatic heterocycles. The van der Waals surface area contributed by atoms with Gasteiger partial charge in [-0.25, -0.2) is 4.79 Å². The Morgan fingerprint density at radius 2 is 1.83 bits per heavy atom. The molecule has 1 rings (SSSR count). The number of rotatable bonds is 5. The Kier molecular flexibility index (Phi) is 4.67. The van der Waals surface area contributed by atoms with Crippen molar-refractivity contribution < 1.29 is 24.6 Å². The third-order valence-corrected chi connectivity index (χ3v) is 2.43. The lowest BCUT2D eigenvalue weighted by atomic mass is 10.1. The topological polar surface area (TPSA) is 104 Å². The molecule has 3 N–H and O–H groups in total. The second kappa shape index (κ2) is 6.02. The first kappa shape index (κ1) is 14.0. The van der Waals surface area contributed by atoms with Gasteiger partial charge >= 0.3 is 11.9 Å². The molecule has 7 heteroatoms. The van der Waals surface area contributed by atoms with Gasteiger partial charge in [0.25, 0.3) is 5.91 Å². The van der Waals surface area contributed by atoms with E-state index >= 15 is 0 Å². The molecule has 1 aromatic rings. The maximum atomic E-state index is 11.7. The fraction of sp³-hybridized carbons (Fsp3) is 0.182. The minimum Gasteiger partial charge on any atom is -0.481 e. The van der Waals surface area contributed by atoms with E-state index in [9.17, 15) is 14.4 Å². The van der Waals surface area contributed by atoms with Gasteiger partial charge in [-0.15, -0.1) is 0 Å². The SMILES string of the molecule is O=C(O)CC(NC(=O)c1ccccc1Cl)C(=O)O. The van der Waals surface area contributed by atoms with Gasteiger partial charge in [0.15, 0.2) is 0 Å². The molecule has 18 heavy (non-hydrogen) atoms. The Hall–Kier alpha value is -2.08. The van der Waals surface area contributed by atoms with E-state index < -0.39 is 30.3 Å². The average molecular weight is 272 g/mol. The number of nitrogens with one attached hydrogen (secondary N) is 1. The highest BCUT2D eigenvalue weighted by Gasteiger charge is 2.24. The van der Waals surface area contributed by atoms with E-state index in [-0.39, 0.29) is 10.6 Å². The summed E-state index contributed by atoms with van der Waals surface area (Å²) in [6.07, 6.45) is -0.703. The molecule has 0 heterocycles. The van der Waals surface area contributed by atoms with E-state index in [2.05, 4.69) is 5.32 Å². The molecule has 0 saturated heterocycles. The largest absolute Gasteiger partial charge is 0.481 e. The smallest absolute Gasteiger partial charge is 0.326 e. The van der Waals surface area contributed by atoms with Crippen LogP contribution in [0.1, 0.15) is 16.8 Å². The Morgan fingerprint density at radius 3 is 2.33 bits per heavy atom. The summed E-state index contributed by atoms with van der Waals surface area (Å²) in [6, 6.07) is 4.57. The summed E-state index contributed by atoms with van der Waals surface area (Å²) >= 11 is 5.76. The summed E-state index contributed by atoms with van der Waals surface area (Å²) in [6.45, 7) is 0. The lowest BCUT2D eigenvalue weighted by molar-refractivity contribution is -0.145. The van der Waals surface area contributed by atoms with Crippen molar-refractivity contribution in [2.75, 3.05) is 0 Å². The number of amides is 1. The molecular weight excluding hydrogens is 262 g/mol. The fourth-order valence-corrected chi connectivity index (χ4v) is 1.48. The summed E-state index contributed by atoms with van der Waals surface area (Å²) in [7, 11) is 0. The first-order valence-corrected chi connectivity index (χ1v) is 5.29. The number of hydrogen-bond acceptors (Lipinski definition) is 3. The number of halogens is 1. The molecule has 96 valence electrons. The molecule has 0 aliphatic rings. The van der Waals surface area contributed by atoms with Gasteiger partial charge in [-0.1, -0.05) is 23.7 Å². The molecule has 0 aliphatic heterocycles. The molecule has 6 nitrogen and oxygen atoms in total. The van der Waals surface area contributed by atoms with E-state index in [1.54, 1.807) is 12.1 Å². The Labute approximate surface area is 107 Å². The van der Waals surface area contributed by atoms with Crippen LogP contribution in [-0.2, 0) is 9.59 Å². The third-order valence-electron chi connectivity index (χ3n) is 2.10. The summed E-state index contributed by atoms with van der Waals surface area (Å²) in [5.74, 6) is -3.46. The number of hydrogen-bond donors (Lipinski definition) is 3. The van der Waals surface area contributed by atoms with Crippen LogP contribution in [0.15, 0.2) is 24.3 Å². The van der Waals surface area contributed by atoms with Crippen molar-refractivity contribution in [2.24, 2.45) is 0 Å². The number of carboxylic acid groups (broad SMARTS) is 2. The molecule has 1 amide bonds. The van der Waals surface area contributed by atoms with E-state index in [0.717, 1.165) is 0 Å². The highest BCUT2D eigenvalue weighted by molar-refractivity contribution is 6.33. The van der Waals surface area contributed by atoms with Crippen molar-refractivity contribution in [1.29, 1.82) is 0 Å². The van der Waals surface area contributed by atoms with E-state index in [0.29, 0.717) is 0 Å². The highest BCUT2D eigenvalue weighted by Crippen LogP contribution is 2.14. The lowest BCUT2D eigenvalue weighted by Gasteiger charge is -2.12. The first-order chi connectivity index (χ1) is 8.41. The quantitative estimate of drug-likeness (QED) is 0.741. The second-order valence-corrected chi connectivity index (χ2v) is 3.85. The van der Waals surface area contributed by atoms with E-state index in [1.807, 2.05) is 0 Å². The molecule has 1 atom stereocenters. The number of benzene rings is 1. The van der Waals surface area contributed by atoms with Crippen molar-refractivity contribution in [1.82, 2.24) is 5.32 Å². The second-order valence-electron chi connectivity index (χ2n) is 3.44. The summed E-state index contributed by atoms with van der Waals surface area (Å²) in [4.78, 5) is 32.9. The van der Waals surface area contributed by atoms with Gasteiger partial charge in [0, 0.05) is 0 Å². The van der Waals surface area contributed by atoms with Crippen LogP contribution in [0.25, 0.3) is 0 Å². The van der Waals surface area contributed by atoms with Gasteiger partial charge < -0.3 is 15.5 Å². The highest BCUT2D eigenvalue weighted by atomic mass is 35.5. The zero-order valence-corrected chi connectivity index (χ0v) is 9.85. The van der Waals surface area contributed by atoms with Gasteiger partial charge in [-0.2, -0.15) is 0 Å². The van der Waals surface area contributed by atoms with Crippen LogP contribution in [0.5, 0.6) is 0 Å². The van der Waals surface area contributed by atoms with Crippen LogP contribution in [0.2, 0.25) is 5.02 Å². The summed E-state index contributed by atoms with van der Waals surface area (Å²) in [5, 5.41) is 19.6. The summed E-state index contributed by atoms with van der Waals surface area (Å²) < 4.78 is 0. The minimum absolute atomic E-state index is 0.0933. The Morgan fingerprint density at radius 1 is 1.22 bits per heavy atom. The zero-order chi connectivity index (χ0) is 13.7. The molecule has 0 fully saturated rings. The van der Waals surface area contributed by atoms with Crippen LogP contribution in [0.4, 0.5) is 0 Å². The van der Waals surface area contributed by atoms with Crippen LogP contribution in [0.3, 0.4) is 0 Å². The van der Waals surface area contributed by atoms with Crippen molar-refractivity contribution in [3.8, 4) is 0 Å². The van der Waals surface area contributed by atoms with Gasteiger partial charge in [-0.3, -0.25) is 9.59 Å². The predicted molar refractivity (Wildman–Crippen MR) is 62.6 cm³/mol. The third kappa shape index (κ3) is 3.74. The van der Waals surface area contributed by atoms with Gasteiger partial charge in [0.05, 0.1) is 17.0 Å². The van der Waals surface area contributed by atoms with Gasteiger partial charge in [0.2, 0.25) is 0 Å². The molecule has 0 bridgehead atoms. The van der Waals surface area contributed by atoms with Crippen molar-refractivity contribution in [2.45, 2.75) is 12.5 Å². The molecule has 0 spiro atoms. The van der Waals surface area contributed by atoms with Crippen molar-refractivity contribution >= 4 is 29.4 Å². The molecular formula is C11H10ClNO5. The average Bonchev–Trinajstić information content (AvgIpc) is 2.27.